The highest BCUT2D eigenvalue weighted by Crippen LogP contribution is 2.50. The molecule has 1 fully saturated rings. The second-order valence-electron chi connectivity index (χ2n) is 10.9. The molecule has 2 N–H and O–H groups in total. The number of aliphatic carboxylic acids is 1. The maximum Gasteiger partial charge on any atom is 0.307 e. The maximum absolute atomic E-state index is 11.5. The van der Waals surface area contributed by atoms with E-state index in [0.717, 1.165) is 53.7 Å². The van der Waals surface area contributed by atoms with E-state index in [-0.39, 0.29) is 12.2 Å². The van der Waals surface area contributed by atoms with Crippen molar-refractivity contribution in [2.75, 3.05) is 14.2 Å². The van der Waals surface area contributed by atoms with Gasteiger partial charge in [0.2, 0.25) is 0 Å². The molecule has 8 heteroatoms. The summed E-state index contributed by atoms with van der Waals surface area (Å²) in [6.45, 7) is 1.90. The van der Waals surface area contributed by atoms with E-state index < -0.39 is 11.9 Å². The number of phenolic OH excluding ortho intramolecular Hbond substituents is 1. The van der Waals surface area contributed by atoms with Crippen LogP contribution in [0, 0.1) is 6.92 Å². The van der Waals surface area contributed by atoms with Crippen molar-refractivity contribution in [1.82, 2.24) is 0 Å². The number of carboxylic acid groups (broad SMARTS) is 1. The summed E-state index contributed by atoms with van der Waals surface area (Å²) < 4.78 is 19.6. The Balaban J connectivity index is 1.76. The smallest absolute Gasteiger partial charge is 0.307 e. The third-order valence-corrected chi connectivity index (χ3v) is 9.28. The number of carbonyl (C=O) groups is 1. The molecule has 1 aliphatic rings. The Labute approximate surface area is 268 Å². The average molecular weight is 710 g/mol. The van der Waals surface area contributed by atoms with Crippen molar-refractivity contribution in [3.05, 3.63) is 109 Å². The highest BCUT2D eigenvalue weighted by molar-refractivity contribution is 9.11. The zero-order chi connectivity index (χ0) is 30.7. The van der Waals surface area contributed by atoms with E-state index in [1.54, 1.807) is 26.4 Å². The van der Waals surface area contributed by atoms with Crippen LogP contribution >= 0.6 is 31.9 Å². The number of aryl methyl sites for hydroxylation is 1. The van der Waals surface area contributed by atoms with Crippen molar-refractivity contribution in [2.45, 2.75) is 50.9 Å². The van der Waals surface area contributed by atoms with E-state index in [9.17, 15) is 15.0 Å². The minimum Gasteiger partial charge on any atom is -0.504 e. The van der Waals surface area contributed by atoms with Crippen LogP contribution in [0.1, 0.15) is 70.9 Å². The Morgan fingerprint density at radius 2 is 1.56 bits per heavy atom. The normalized spacial score (nSPS) is 14.0. The summed E-state index contributed by atoms with van der Waals surface area (Å²) in [7, 11) is 3.25. The standard InChI is InChI=1S/C35H34Br2O6/c1-20-13-14-24(33(40)34(20)42-3)32(23-11-5-4-6-12-23)26-19-29(41-2)25(22-9-7-8-10-22)18-30(26)43-35-27(36)15-21(16-28(35)37)17-31(38)39/h4-6,11-16,18-19,22,32,40H,7-10,17H2,1-3H3,(H,38,39). The molecule has 1 saturated carbocycles. The number of aromatic hydroxyl groups is 1. The summed E-state index contributed by atoms with van der Waals surface area (Å²) in [6.07, 6.45) is 4.37. The second-order valence-corrected chi connectivity index (χ2v) is 12.6. The van der Waals surface area contributed by atoms with E-state index in [0.29, 0.717) is 43.2 Å². The number of benzene rings is 4. The Hall–Kier alpha value is -3.49. The monoisotopic (exact) mass is 708 g/mol. The van der Waals surface area contributed by atoms with Gasteiger partial charge in [-0.3, -0.25) is 4.79 Å². The van der Waals surface area contributed by atoms with Crippen molar-refractivity contribution in [3.8, 4) is 28.7 Å². The quantitative estimate of drug-likeness (QED) is 0.160. The van der Waals surface area contributed by atoms with Crippen LogP contribution in [0.2, 0.25) is 0 Å². The van der Waals surface area contributed by atoms with E-state index >= 15 is 0 Å². The average Bonchev–Trinajstić information content (AvgIpc) is 3.52. The molecule has 0 radical (unpaired) electrons. The predicted molar refractivity (Wildman–Crippen MR) is 174 cm³/mol. The minimum absolute atomic E-state index is 0.0709. The molecule has 1 unspecified atom stereocenters. The molecular formula is C35H34Br2O6. The van der Waals surface area contributed by atoms with Gasteiger partial charge in [0.25, 0.3) is 0 Å². The number of hydrogen-bond donors (Lipinski definition) is 2. The third kappa shape index (κ3) is 6.55. The molecule has 0 spiro atoms. The Kier molecular flexibility index (Phi) is 9.67. The van der Waals surface area contributed by atoms with Crippen LogP contribution in [0.25, 0.3) is 0 Å². The van der Waals surface area contributed by atoms with Crippen molar-refractivity contribution in [3.63, 3.8) is 0 Å². The zero-order valence-electron chi connectivity index (χ0n) is 24.3. The van der Waals surface area contributed by atoms with Crippen LogP contribution < -0.4 is 14.2 Å². The van der Waals surface area contributed by atoms with Gasteiger partial charge in [0.05, 0.1) is 29.6 Å². The molecule has 43 heavy (non-hydrogen) atoms. The fourth-order valence-electron chi connectivity index (χ4n) is 6.08. The number of halogens is 2. The molecule has 0 aliphatic heterocycles. The number of rotatable bonds is 10. The topological polar surface area (TPSA) is 85.2 Å². The van der Waals surface area contributed by atoms with Crippen LogP contribution in [-0.4, -0.2) is 30.4 Å². The Morgan fingerprint density at radius 3 is 2.16 bits per heavy atom. The summed E-state index contributed by atoms with van der Waals surface area (Å²) in [5.41, 5.74) is 4.99. The van der Waals surface area contributed by atoms with E-state index in [1.807, 2.05) is 55.5 Å². The molecule has 0 aromatic heterocycles. The lowest BCUT2D eigenvalue weighted by Crippen LogP contribution is -2.09. The molecule has 4 aromatic carbocycles. The lowest BCUT2D eigenvalue weighted by atomic mass is 9.82. The first-order chi connectivity index (χ1) is 20.7. The van der Waals surface area contributed by atoms with E-state index in [2.05, 4.69) is 37.9 Å². The lowest BCUT2D eigenvalue weighted by molar-refractivity contribution is -0.136. The van der Waals surface area contributed by atoms with Gasteiger partial charge in [0, 0.05) is 22.6 Å². The second kappa shape index (κ2) is 13.4. The van der Waals surface area contributed by atoms with Crippen LogP contribution in [0.5, 0.6) is 28.7 Å². The Bertz CT molecular complexity index is 1610. The molecule has 1 aliphatic carbocycles. The van der Waals surface area contributed by atoms with Crippen molar-refractivity contribution < 1.29 is 29.2 Å². The lowest BCUT2D eigenvalue weighted by Gasteiger charge is -2.26. The van der Waals surface area contributed by atoms with Gasteiger partial charge in [-0.1, -0.05) is 55.3 Å². The number of hydrogen-bond acceptors (Lipinski definition) is 5. The molecule has 0 saturated heterocycles. The van der Waals surface area contributed by atoms with Gasteiger partial charge in [-0.15, -0.1) is 0 Å². The highest BCUT2D eigenvalue weighted by Gasteiger charge is 2.30. The van der Waals surface area contributed by atoms with Crippen molar-refractivity contribution in [2.24, 2.45) is 0 Å². The molecule has 0 heterocycles. The number of ether oxygens (including phenoxy) is 3. The first-order valence-electron chi connectivity index (χ1n) is 14.2. The van der Waals surface area contributed by atoms with Gasteiger partial charge in [0.15, 0.2) is 17.2 Å². The summed E-state index contributed by atoms with van der Waals surface area (Å²) in [5.74, 6) is 1.42. The SMILES string of the molecule is COc1cc(C(c2ccccc2)c2ccc(C)c(OC)c2O)c(Oc2c(Br)cc(CC(=O)O)cc2Br)cc1C1CCCC1. The number of carboxylic acids is 1. The highest BCUT2D eigenvalue weighted by atomic mass is 79.9. The van der Waals surface area contributed by atoms with Gasteiger partial charge in [0.1, 0.15) is 11.5 Å². The van der Waals surface area contributed by atoms with E-state index in [4.69, 9.17) is 14.2 Å². The maximum atomic E-state index is 11.5. The predicted octanol–water partition coefficient (Wildman–Crippen LogP) is 9.50. The van der Waals surface area contributed by atoms with E-state index in [1.165, 1.54) is 0 Å². The molecular weight excluding hydrogens is 676 g/mol. The molecule has 1 atom stereocenters. The molecule has 6 nitrogen and oxygen atoms in total. The molecule has 0 amide bonds. The summed E-state index contributed by atoms with van der Waals surface area (Å²) >= 11 is 7.24. The Morgan fingerprint density at radius 1 is 0.884 bits per heavy atom. The zero-order valence-corrected chi connectivity index (χ0v) is 27.5. The molecule has 5 rings (SSSR count). The summed E-state index contributed by atoms with van der Waals surface area (Å²) in [6, 6.07) is 21.5. The van der Waals surface area contributed by atoms with Gasteiger partial charge in [-0.2, -0.15) is 0 Å². The number of methoxy groups -OCH3 is 2. The first-order valence-corrected chi connectivity index (χ1v) is 15.8. The third-order valence-electron chi connectivity index (χ3n) is 8.10. The van der Waals surface area contributed by atoms with Gasteiger partial charge in [-0.05, 0) is 98.5 Å². The van der Waals surface area contributed by atoms with Crippen molar-refractivity contribution in [1.29, 1.82) is 0 Å². The minimum atomic E-state index is -0.912. The van der Waals surface area contributed by atoms with Crippen molar-refractivity contribution >= 4 is 37.8 Å². The van der Waals surface area contributed by atoms with Crippen LogP contribution in [-0.2, 0) is 11.2 Å². The largest absolute Gasteiger partial charge is 0.504 e. The molecule has 224 valence electrons. The number of phenols is 1. The first kappa shape index (κ1) is 31.0. The van der Waals surface area contributed by atoms with Gasteiger partial charge < -0.3 is 24.4 Å². The van der Waals surface area contributed by atoms with Gasteiger partial charge in [-0.25, -0.2) is 0 Å². The van der Waals surface area contributed by atoms with Crippen LogP contribution in [0.3, 0.4) is 0 Å². The summed E-state index contributed by atoms with van der Waals surface area (Å²) in [5, 5.41) is 20.9. The molecule has 4 aromatic rings. The fourth-order valence-corrected chi connectivity index (χ4v) is 7.53. The van der Waals surface area contributed by atoms with Crippen LogP contribution in [0.15, 0.2) is 75.7 Å². The fraction of sp³-hybridized carbons (Fsp3) is 0.286. The summed E-state index contributed by atoms with van der Waals surface area (Å²) in [4.78, 5) is 11.4. The molecule has 0 bridgehead atoms. The van der Waals surface area contributed by atoms with Gasteiger partial charge >= 0.3 is 5.97 Å². The van der Waals surface area contributed by atoms with Crippen LogP contribution in [0.4, 0.5) is 0 Å².